The number of carbonyl (C=O) groups is 1. The van der Waals surface area contributed by atoms with E-state index < -0.39 is 0 Å². The summed E-state index contributed by atoms with van der Waals surface area (Å²) in [4.78, 5) is 14.5. The highest BCUT2D eigenvalue weighted by Crippen LogP contribution is 2.35. The molecule has 0 bridgehead atoms. The van der Waals surface area contributed by atoms with Gasteiger partial charge in [0, 0.05) is 25.4 Å². The maximum Gasteiger partial charge on any atom is 0.231 e. The first-order valence-corrected chi connectivity index (χ1v) is 8.04. The predicted octanol–water partition coefficient (Wildman–Crippen LogP) is 2.11. The first-order valence-electron chi connectivity index (χ1n) is 8.04. The van der Waals surface area contributed by atoms with E-state index in [1.807, 2.05) is 23.1 Å². The highest BCUT2D eigenvalue weighted by molar-refractivity contribution is 5.77. The predicted molar refractivity (Wildman–Crippen MR) is 84.0 cm³/mol. The fraction of sp³-hybridized carbons (Fsp3) is 0.588. The zero-order valence-electron chi connectivity index (χ0n) is 13.1. The minimum absolute atomic E-state index is 0.0290. The topological polar surface area (TPSA) is 64.8 Å². The van der Waals surface area contributed by atoms with Gasteiger partial charge in [0.25, 0.3) is 0 Å². The molecule has 120 valence electrons. The molecule has 1 fully saturated rings. The Morgan fingerprint density at radius 1 is 1.32 bits per heavy atom. The van der Waals surface area contributed by atoms with Crippen LogP contribution in [0, 0.1) is 5.92 Å². The van der Waals surface area contributed by atoms with Crippen molar-refractivity contribution in [3.63, 3.8) is 0 Å². The number of piperidine rings is 1. The van der Waals surface area contributed by atoms with E-state index in [1.165, 1.54) is 0 Å². The third-order valence-electron chi connectivity index (χ3n) is 4.71. The zero-order valence-corrected chi connectivity index (χ0v) is 13.1. The maximum atomic E-state index is 12.5. The Morgan fingerprint density at radius 3 is 2.77 bits per heavy atom. The SMILES string of the molecule is CC1CCN(C(=O)CC(CN)c2ccc3c(c2)OCO3)CC1. The van der Waals surface area contributed by atoms with Gasteiger partial charge in [-0.3, -0.25) is 4.79 Å². The lowest BCUT2D eigenvalue weighted by Gasteiger charge is -2.31. The molecule has 2 N–H and O–H groups in total. The Hall–Kier alpha value is -1.75. The molecule has 0 radical (unpaired) electrons. The van der Waals surface area contributed by atoms with Crippen molar-refractivity contribution < 1.29 is 14.3 Å². The lowest BCUT2D eigenvalue weighted by Crippen LogP contribution is -2.39. The average Bonchev–Trinajstić information content (AvgIpc) is 3.00. The van der Waals surface area contributed by atoms with Crippen LogP contribution in [-0.4, -0.2) is 37.2 Å². The summed E-state index contributed by atoms with van der Waals surface area (Å²) in [5, 5.41) is 0. The number of carbonyl (C=O) groups excluding carboxylic acids is 1. The molecule has 1 atom stereocenters. The van der Waals surface area contributed by atoms with Gasteiger partial charge in [-0.2, -0.15) is 0 Å². The van der Waals surface area contributed by atoms with Gasteiger partial charge in [0.15, 0.2) is 11.5 Å². The van der Waals surface area contributed by atoms with Crippen molar-refractivity contribution in [3.05, 3.63) is 23.8 Å². The molecule has 2 aliphatic rings. The summed E-state index contributed by atoms with van der Waals surface area (Å²) in [7, 11) is 0. The Morgan fingerprint density at radius 2 is 2.05 bits per heavy atom. The lowest BCUT2D eigenvalue weighted by molar-refractivity contribution is -0.132. The molecule has 1 saturated heterocycles. The van der Waals surface area contributed by atoms with E-state index in [2.05, 4.69) is 6.92 Å². The second kappa shape index (κ2) is 6.57. The van der Waals surface area contributed by atoms with Crippen molar-refractivity contribution in [2.75, 3.05) is 26.4 Å². The quantitative estimate of drug-likeness (QED) is 0.925. The van der Waals surface area contributed by atoms with Gasteiger partial charge in [0.05, 0.1) is 0 Å². The first-order chi connectivity index (χ1) is 10.7. The molecule has 1 aromatic carbocycles. The third kappa shape index (κ3) is 3.19. The van der Waals surface area contributed by atoms with Gasteiger partial charge < -0.3 is 20.1 Å². The number of amides is 1. The normalized spacial score (nSPS) is 19.3. The number of ether oxygens (including phenoxy) is 2. The largest absolute Gasteiger partial charge is 0.454 e. The van der Waals surface area contributed by atoms with E-state index in [9.17, 15) is 4.79 Å². The second-order valence-corrected chi connectivity index (χ2v) is 6.31. The van der Waals surface area contributed by atoms with Crippen LogP contribution in [0.1, 0.15) is 37.7 Å². The summed E-state index contributed by atoms with van der Waals surface area (Å²) >= 11 is 0. The molecule has 2 heterocycles. The summed E-state index contributed by atoms with van der Waals surface area (Å²) in [6, 6.07) is 5.83. The van der Waals surface area contributed by atoms with E-state index in [0.29, 0.717) is 13.0 Å². The second-order valence-electron chi connectivity index (χ2n) is 6.31. The standard InChI is InChI=1S/C17H24N2O3/c1-12-4-6-19(7-5-12)17(20)9-14(10-18)13-2-3-15-16(8-13)22-11-21-15/h2-3,8,12,14H,4-7,9-11,18H2,1H3. The van der Waals surface area contributed by atoms with Crippen molar-refractivity contribution in [1.29, 1.82) is 0 Å². The number of fused-ring (bicyclic) bond motifs is 1. The number of likely N-dealkylation sites (tertiary alicyclic amines) is 1. The molecular formula is C17H24N2O3. The smallest absolute Gasteiger partial charge is 0.231 e. The molecule has 3 rings (SSSR count). The molecule has 5 nitrogen and oxygen atoms in total. The third-order valence-corrected chi connectivity index (χ3v) is 4.71. The fourth-order valence-electron chi connectivity index (χ4n) is 3.10. The van der Waals surface area contributed by atoms with Crippen molar-refractivity contribution in [2.45, 2.75) is 32.1 Å². The molecule has 2 aliphatic heterocycles. The number of benzene rings is 1. The van der Waals surface area contributed by atoms with Crippen LogP contribution >= 0.6 is 0 Å². The van der Waals surface area contributed by atoms with Crippen LogP contribution in [0.2, 0.25) is 0 Å². The van der Waals surface area contributed by atoms with Crippen LogP contribution in [0.5, 0.6) is 11.5 Å². The van der Waals surface area contributed by atoms with Crippen LogP contribution in [0.4, 0.5) is 0 Å². The van der Waals surface area contributed by atoms with Crippen LogP contribution < -0.4 is 15.2 Å². The van der Waals surface area contributed by atoms with Gasteiger partial charge in [-0.25, -0.2) is 0 Å². The van der Waals surface area contributed by atoms with Crippen molar-refractivity contribution in [2.24, 2.45) is 11.7 Å². The average molecular weight is 304 g/mol. The molecule has 1 unspecified atom stereocenters. The van der Waals surface area contributed by atoms with E-state index in [0.717, 1.165) is 48.9 Å². The van der Waals surface area contributed by atoms with Gasteiger partial charge in [-0.15, -0.1) is 0 Å². The zero-order chi connectivity index (χ0) is 15.5. The molecular weight excluding hydrogens is 280 g/mol. The van der Waals surface area contributed by atoms with E-state index in [-0.39, 0.29) is 18.6 Å². The monoisotopic (exact) mass is 304 g/mol. The molecule has 0 aromatic heterocycles. The fourth-order valence-corrected chi connectivity index (χ4v) is 3.10. The molecule has 0 saturated carbocycles. The van der Waals surface area contributed by atoms with Gasteiger partial charge in [-0.05, 0) is 43.0 Å². The first kappa shape index (κ1) is 15.2. The van der Waals surface area contributed by atoms with Crippen molar-refractivity contribution >= 4 is 5.91 Å². The summed E-state index contributed by atoms with van der Waals surface area (Å²) < 4.78 is 10.7. The number of hydrogen-bond donors (Lipinski definition) is 1. The lowest BCUT2D eigenvalue weighted by atomic mass is 9.93. The Labute approximate surface area is 131 Å². The summed E-state index contributed by atoms with van der Waals surface area (Å²) in [6.07, 6.45) is 2.66. The van der Waals surface area contributed by atoms with Gasteiger partial charge in [-0.1, -0.05) is 13.0 Å². The summed E-state index contributed by atoms with van der Waals surface area (Å²) in [6.45, 7) is 4.71. The highest BCUT2D eigenvalue weighted by atomic mass is 16.7. The molecule has 0 spiro atoms. The van der Waals surface area contributed by atoms with E-state index in [1.54, 1.807) is 0 Å². The van der Waals surface area contributed by atoms with E-state index in [4.69, 9.17) is 15.2 Å². The molecule has 5 heteroatoms. The number of hydrogen-bond acceptors (Lipinski definition) is 4. The Balaban J connectivity index is 1.65. The summed E-state index contributed by atoms with van der Waals surface area (Å²) in [5.41, 5.74) is 6.95. The molecule has 22 heavy (non-hydrogen) atoms. The van der Waals surface area contributed by atoms with E-state index >= 15 is 0 Å². The van der Waals surface area contributed by atoms with Crippen molar-refractivity contribution in [3.8, 4) is 11.5 Å². The molecule has 1 aromatic rings. The van der Waals surface area contributed by atoms with Crippen LogP contribution in [0.3, 0.4) is 0 Å². The highest BCUT2D eigenvalue weighted by Gasteiger charge is 2.24. The maximum absolute atomic E-state index is 12.5. The molecule has 1 amide bonds. The number of nitrogens with zero attached hydrogens (tertiary/aromatic N) is 1. The minimum Gasteiger partial charge on any atom is -0.454 e. The minimum atomic E-state index is 0.0290. The number of rotatable bonds is 4. The van der Waals surface area contributed by atoms with Crippen LogP contribution in [-0.2, 0) is 4.79 Å². The Kier molecular flexibility index (Phi) is 4.52. The van der Waals surface area contributed by atoms with Gasteiger partial charge in [0.1, 0.15) is 0 Å². The van der Waals surface area contributed by atoms with Gasteiger partial charge in [0.2, 0.25) is 12.7 Å². The molecule has 0 aliphatic carbocycles. The van der Waals surface area contributed by atoms with Crippen LogP contribution in [0.25, 0.3) is 0 Å². The van der Waals surface area contributed by atoms with Crippen molar-refractivity contribution in [1.82, 2.24) is 4.90 Å². The van der Waals surface area contributed by atoms with Gasteiger partial charge >= 0.3 is 0 Å². The Bertz CT molecular complexity index is 539. The summed E-state index contributed by atoms with van der Waals surface area (Å²) in [5.74, 6) is 2.47. The van der Waals surface area contributed by atoms with Crippen LogP contribution in [0.15, 0.2) is 18.2 Å². The number of nitrogens with two attached hydrogens (primary N) is 1.